The number of carbonyl (C=O) groups is 2. The van der Waals surface area contributed by atoms with Crippen LogP contribution in [0.4, 0.5) is 0 Å². The highest BCUT2D eigenvalue weighted by molar-refractivity contribution is 5.96. The summed E-state index contributed by atoms with van der Waals surface area (Å²) in [5.41, 5.74) is -0.326. The van der Waals surface area contributed by atoms with Gasteiger partial charge in [0.1, 0.15) is 0 Å². The Hall–Kier alpha value is -2.70. The minimum Gasteiger partial charge on any atom is -0.478 e. The standard InChI is InChI=1S/C14H15N3O4/c1-8-15-13(17-21-8)14(2,3)16-11(18)9-4-6-10(7-5-9)12(19)20/h4-7H,1-3H3,(H,16,18)(H,19,20). The molecule has 1 aromatic heterocycles. The lowest BCUT2D eigenvalue weighted by molar-refractivity contribution is 0.0696. The molecule has 0 aliphatic rings. The molecule has 0 unspecified atom stereocenters. The first-order valence-electron chi connectivity index (χ1n) is 6.26. The summed E-state index contributed by atoms with van der Waals surface area (Å²) in [6.45, 7) is 5.17. The smallest absolute Gasteiger partial charge is 0.335 e. The Morgan fingerprint density at radius 1 is 1.19 bits per heavy atom. The zero-order chi connectivity index (χ0) is 15.6. The van der Waals surface area contributed by atoms with Crippen molar-refractivity contribution in [1.82, 2.24) is 15.5 Å². The fourth-order valence-electron chi connectivity index (χ4n) is 1.73. The van der Waals surface area contributed by atoms with Gasteiger partial charge in [-0.2, -0.15) is 4.98 Å². The van der Waals surface area contributed by atoms with Crippen LogP contribution in [0.15, 0.2) is 28.8 Å². The van der Waals surface area contributed by atoms with Gasteiger partial charge in [0.2, 0.25) is 5.89 Å². The molecule has 0 fully saturated rings. The van der Waals surface area contributed by atoms with Gasteiger partial charge in [0.15, 0.2) is 5.82 Å². The number of nitrogens with zero attached hydrogens (tertiary/aromatic N) is 2. The van der Waals surface area contributed by atoms with Gasteiger partial charge in [-0.15, -0.1) is 0 Å². The van der Waals surface area contributed by atoms with Crippen LogP contribution in [-0.2, 0) is 5.54 Å². The first-order chi connectivity index (χ1) is 9.79. The summed E-state index contributed by atoms with van der Waals surface area (Å²) >= 11 is 0. The predicted octanol–water partition coefficient (Wildman–Crippen LogP) is 1.74. The van der Waals surface area contributed by atoms with Crippen LogP contribution in [0.25, 0.3) is 0 Å². The molecule has 0 atom stereocenters. The van der Waals surface area contributed by atoms with Gasteiger partial charge in [0, 0.05) is 12.5 Å². The molecule has 7 nitrogen and oxygen atoms in total. The quantitative estimate of drug-likeness (QED) is 0.888. The van der Waals surface area contributed by atoms with Gasteiger partial charge in [-0.05, 0) is 38.1 Å². The number of aromatic carboxylic acids is 1. The number of hydrogen-bond donors (Lipinski definition) is 2. The molecule has 0 aliphatic heterocycles. The van der Waals surface area contributed by atoms with Crippen molar-refractivity contribution in [2.45, 2.75) is 26.3 Å². The largest absolute Gasteiger partial charge is 0.478 e. The summed E-state index contributed by atoms with van der Waals surface area (Å²) in [5.74, 6) is -0.599. The normalized spacial score (nSPS) is 11.2. The number of carbonyl (C=O) groups excluding carboxylic acids is 1. The van der Waals surface area contributed by atoms with Gasteiger partial charge in [-0.1, -0.05) is 5.16 Å². The fraction of sp³-hybridized carbons (Fsp3) is 0.286. The van der Waals surface area contributed by atoms with Crippen LogP contribution >= 0.6 is 0 Å². The number of rotatable bonds is 4. The fourth-order valence-corrected chi connectivity index (χ4v) is 1.73. The molecular formula is C14H15N3O4. The van der Waals surface area contributed by atoms with Crippen molar-refractivity contribution in [1.29, 1.82) is 0 Å². The minimum atomic E-state index is -1.04. The van der Waals surface area contributed by atoms with Crippen LogP contribution in [0.2, 0.25) is 0 Å². The molecule has 110 valence electrons. The molecule has 0 saturated carbocycles. The predicted molar refractivity (Wildman–Crippen MR) is 72.9 cm³/mol. The summed E-state index contributed by atoms with van der Waals surface area (Å²) in [4.78, 5) is 27.0. The Balaban J connectivity index is 2.15. The Labute approximate surface area is 121 Å². The maximum absolute atomic E-state index is 12.2. The van der Waals surface area contributed by atoms with Crippen LogP contribution in [0.5, 0.6) is 0 Å². The van der Waals surface area contributed by atoms with E-state index in [0.717, 1.165) is 0 Å². The van der Waals surface area contributed by atoms with Crippen molar-refractivity contribution in [3.8, 4) is 0 Å². The van der Waals surface area contributed by atoms with E-state index >= 15 is 0 Å². The number of carboxylic acid groups (broad SMARTS) is 1. The first-order valence-corrected chi connectivity index (χ1v) is 6.26. The molecule has 1 amide bonds. The van der Waals surface area contributed by atoms with Gasteiger partial charge in [-0.25, -0.2) is 4.79 Å². The molecule has 0 spiro atoms. The van der Waals surface area contributed by atoms with Gasteiger partial charge >= 0.3 is 5.97 Å². The second-order valence-electron chi connectivity index (χ2n) is 5.10. The van der Waals surface area contributed by atoms with E-state index in [-0.39, 0.29) is 11.5 Å². The zero-order valence-corrected chi connectivity index (χ0v) is 11.9. The van der Waals surface area contributed by atoms with Gasteiger partial charge in [0.25, 0.3) is 5.91 Å². The van der Waals surface area contributed by atoms with E-state index in [4.69, 9.17) is 9.63 Å². The zero-order valence-electron chi connectivity index (χ0n) is 11.9. The van der Waals surface area contributed by atoms with Crippen molar-refractivity contribution < 1.29 is 19.2 Å². The molecule has 1 aromatic carbocycles. The number of nitrogens with one attached hydrogen (secondary N) is 1. The third-order valence-corrected chi connectivity index (χ3v) is 2.91. The second-order valence-corrected chi connectivity index (χ2v) is 5.10. The van der Waals surface area contributed by atoms with Crippen molar-refractivity contribution >= 4 is 11.9 Å². The second kappa shape index (κ2) is 5.35. The number of aryl methyl sites for hydroxylation is 1. The molecule has 0 radical (unpaired) electrons. The maximum Gasteiger partial charge on any atom is 0.335 e. The SMILES string of the molecule is Cc1nc(C(C)(C)NC(=O)c2ccc(C(=O)O)cc2)no1. The van der Waals surface area contributed by atoms with E-state index in [9.17, 15) is 9.59 Å². The summed E-state index contributed by atoms with van der Waals surface area (Å²) in [5, 5.41) is 15.4. The number of benzene rings is 1. The molecule has 2 rings (SSSR count). The van der Waals surface area contributed by atoms with Crippen LogP contribution in [0.1, 0.15) is 46.3 Å². The molecule has 1 heterocycles. The average Bonchev–Trinajstić information content (AvgIpc) is 2.86. The third kappa shape index (κ3) is 3.25. The van der Waals surface area contributed by atoms with E-state index in [2.05, 4.69) is 15.5 Å². The Kier molecular flexibility index (Phi) is 3.75. The van der Waals surface area contributed by atoms with E-state index in [1.807, 2.05) is 0 Å². The van der Waals surface area contributed by atoms with E-state index in [1.54, 1.807) is 20.8 Å². The molecular weight excluding hydrogens is 274 g/mol. The van der Waals surface area contributed by atoms with Crippen LogP contribution in [-0.4, -0.2) is 27.1 Å². The first kappa shape index (κ1) is 14.7. The lowest BCUT2D eigenvalue weighted by Crippen LogP contribution is -2.41. The molecule has 0 aliphatic carbocycles. The summed E-state index contributed by atoms with van der Waals surface area (Å²) in [7, 11) is 0. The van der Waals surface area contributed by atoms with Crippen molar-refractivity contribution in [3.63, 3.8) is 0 Å². The van der Waals surface area contributed by atoms with Crippen molar-refractivity contribution in [2.75, 3.05) is 0 Å². The summed E-state index contributed by atoms with van der Waals surface area (Å²) in [6, 6.07) is 5.66. The minimum absolute atomic E-state index is 0.125. The number of hydrogen-bond acceptors (Lipinski definition) is 5. The lowest BCUT2D eigenvalue weighted by atomic mass is 10.0. The van der Waals surface area contributed by atoms with Gasteiger partial charge in [0.05, 0.1) is 11.1 Å². The topological polar surface area (TPSA) is 105 Å². The average molecular weight is 289 g/mol. The lowest BCUT2D eigenvalue weighted by Gasteiger charge is -2.22. The molecule has 7 heteroatoms. The van der Waals surface area contributed by atoms with Crippen molar-refractivity contribution in [2.24, 2.45) is 0 Å². The van der Waals surface area contributed by atoms with E-state index < -0.39 is 11.5 Å². The Morgan fingerprint density at radius 3 is 2.24 bits per heavy atom. The number of amides is 1. The van der Waals surface area contributed by atoms with Crippen LogP contribution in [0.3, 0.4) is 0 Å². The van der Waals surface area contributed by atoms with Crippen LogP contribution < -0.4 is 5.32 Å². The monoisotopic (exact) mass is 289 g/mol. The molecule has 0 saturated heterocycles. The molecule has 21 heavy (non-hydrogen) atoms. The molecule has 2 aromatic rings. The van der Waals surface area contributed by atoms with Gasteiger partial charge in [-0.3, -0.25) is 4.79 Å². The molecule has 2 N–H and O–H groups in total. The van der Waals surface area contributed by atoms with Crippen molar-refractivity contribution in [3.05, 3.63) is 47.1 Å². The molecule has 0 bridgehead atoms. The number of aromatic nitrogens is 2. The highest BCUT2D eigenvalue weighted by atomic mass is 16.5. The van der Waals surface area contributed by atoms with E-state index in [1.165, 1.54) is 24.3 Å². The van der Waals surface area contributed by atoms with Gasteiger partial charge < -0.3 is 14.9 Å². The summed E-state index contributed by atoms with van der Waals surface area (Å²) < 4.78 is 4.90. The van der Waals surface area contributed by atoms with Crippen LogP contribution in [0, 0.1) is 6.92 Å². The Bertz CT molecular complexity index is 674. The summed E-state index contributed by atoms with van der Waals surface area (Å²) in [6.07, 6.45) is 0. The highest BCUT2D eigenvalue weighted by Crippen LogP contribution is 2.17. The third-order valence-electron chi connectivity index (χ3n) is 2.91. The number of carboxylic acids is 1. The maximum atomic E-state index is 12.2. The van der Waals surface area contributed by atoms with E-state index in [0.29, 0.717) is 17.3 Å². The highest BCUT2D eigenvalue weighted by Gasteiger charge is 2.28. The Morgan fingerprint density at radius 2 is 1.76 bits per heavy atom.